The first-order chi connectivity index (χ1) is 4.34. The Bertz CT molecular complexity index is 184. The Kier molecular flexibility index (Phi) is 1.81. The average Bonchev–Trinajstić information content (AvgIpc) is 2.18. The summed E-state index contributed by atoms with van der Waals surface area (Å²) in [5.41, 5.74) is 3.01. The molecule has 1 aromatic rings. The van der Waals surface area contributed by atoms with Gasteiger partial charge in [0.05, 0.1) is 12.2 Å². The van der Waals surface area contributed by atoms with Crippen LogP contribution in [0.5, 0.6) is 0 Å². The third kappa shape index (κ3) is 1.28. The molecule has 0 aliphatic carbocycles. The summed E-state index contributed by atoms with van der Waals surface area (Å²) in [6, 6.07) is 1.84. The van der Waals surface area contributed by atoms with Gasteiger partial charge in [0, 0.05) is 13.2 Å². The maximum Gasteiger partial charge on any atom is 0.0627 e. The second-order valence-corrected chi connectivity index (χ2v) is 1.78. The molecule has 1 rings (SSSR count). The maximum atomic E-state index is 8.27. The van der Waals surface area contributed by atoms with Crippen molar-refractivity contribution in [1.82, 2.24) is 15.3 Å². The lowest BCUT2D eigenvalue weighted by atomic mass is 10.4. The molecule has 0 aromatic carbocycles. The van der Waals surface area contributed by atoms with Gasteiger partial charge in [-0.2, -0.15) is 10.6 Å². The minimum atomic E-state index is 0.441. The van der Waals surface area contributed by atoms with Gasteiger partial charge >= 0.3 is 0 Å². The smallest absolute Gasteiger partial charge is 0.0627 e. The molecule has 2 N–H and O–H groups in total. The van der Waals surface area contributed by atoms with Crippen LogP contribution in [0, 0.1) is 0 Å². The van der Waals surface area contributed by atoms with Gasteiger partial charge in [-0.15, -0.1) is 0 Å². The van der Waals surface area contributed by atoms with Gasteiger partial charge in [0.15, 0.2) is 0 Å². The van der Waals surface area contributed by atoms with Crippen LogP contribution in [0.1, 0.15) is 5.69 Å². The first-order valence-electron chi connectivity index (χ1n) is 2.68. The van der Waals surface area contributed by atoms with E-state index in [9.17, 15) is 0 Å². The lowest BCUT2D eigenvalue weighted by Crippen LogP contribution is -2.10. The SMILES string of the molecule is Cn1nccc1CNO. The normalized spacial score (nSPS) is 10.0. The summed E-state index contributed by atoms with van der Waals surface area (Å²) in [6.45, 7) is 0.441. The fourth-order valence-electron chi connectivity index (χ4n) is 0.656. The molecule has 0 atom stereocenters. The lowest BCUT2D eigenvalue weighted by molar-refractivity contribution is 0.158. The van der Waals surface area contributed by atoms with Crippen LogP contribution in [0.25, 0.3) is 0 Å². The Labute approximate surface area is 53.1 Å². The van der Waals surface area contributed by atoms with Crippen molar-refractivity contribution in [1.29, 1.82) is 0 Å². The van der Waals surface area contributed by atoms with Gasteiger partial charge in [-0.05, 0) is 6.07 Å². The van der Waals surface area contributed by atoms with Gasteiger partial charge < -0.3 is 5.21 Å². The minimum Gasteiger partial charge on any atom is -0.316 e. The first kappa shape index (κ1) is 6.25. The van der Waals surface area contributed by atoms with E-state index in [1.807, 2.05) is 13.1 Å². The predicted molar refractivity (Wildman–Crippen MR) is 31.8 cm³/mol. The van der Waals surface area contributed by atoms with Crippen LogP contribution in [0.15, 0.2) is 12.3 Å². The van der Waals surface area contributed by atoms with Crippen molar-refractivity contribution in [3.8, 4) is 0 Å². The molecule has 0 saturated carbocycles. The summed E-state index contributed by atoms with van der Waals surface area (Å²) in [6.07, 6.45) is 1.69. The van der Waals surface area contributed by atoms with Gasteiger partial charge in [-0.1, -0.05) is 0 Å². The standard InChI is InChI=1S/C5H9N3O/c1-8-5(4-7-9)2-3-6-8/h2-3,7,9H,4H2,1H3. The molecule has 0 aliphatic heterocycles. The molecule has 0 aliphatic rings. The number of hydrogen-bond donors (Lipinski definition) is 2. The Balaban J connectivity index is 2.69. The zero-order valence-electron chi connectivity index (χ0n) is 5.20. The van der Waals surface area contributed by atoms with E-state index in [1.54, 1.807) is 10.9 Å². The van der Waals surface area contributed by atoms with Gasteiger partial charge in [0.2, 0.25) is 0 Å². The Hall–Kier alpha value is -0.870. The predicted octanol–water partition coefficient (Wildman–Crippen LogP) is -0.101. The van der Waals surface area contributed by atoms with Crippen LogP contribution < -0.4 is 5.48 Å². The molecule has 1 heterocycles. The van der Waals surface area contributed by atoms with Crippen LogP contribution in [-0.4, -0.2) is 15.0 Å². The third-order valence-electron chi connectivity index (χ3n) is 1.18. The molecule has 0 radical (unpaired) electrons. The molecule has 0 unspecified atom stereocenters. The Morgan fingerprint density at radius 1 is 1.89 bits per heavy atom. The first-order valence-corrected chi connectivity index (χ1v) is 2.68. The van der Waals surface area contributed by atoms with Crippen molar-refractivity contribution in [3.63, 3.8) is 0 Å². The van der Waals surface area contributed by atoms with E-state index in [2.05, 4.69) is 10.6 Å². The molecule has 50 valence electrons. The van der Waals surface area contributed by atoms with E-state index in [-0.39, 0.29) is 0 Å². The van der Waals surface area contributed by atoms with E-state index in [4.69, 9.17) is 5.21 Å². The molecule has 0 saturated heterocycles. The number of aromatic nitrogens is 2. The summed E-state index contributed by atoms with van der Waals surface area (Å²) in [7, 11) is 1.83. The fraction of sp³-hybridized carbons (Fsp3) is 0.400. The summed E-state index contributed by atoms with van der Waals surface area (Å²) in [4.78, 5) is 0. The fourth-order valence-corrected chi connectivity index (χ4v) is 0.656. The van der Waals surface area contributed by atoms with Crippen LogP contribution in [0.4, 0.5) is 0 Å². The monoisotopic (exact) mass is 127 g/mol. The Morgan fingerprint density at radius 3 is 3.11 bits per heavy atom. The van der Waals surface area contributed by atoms with Gasteiger partial charge in [-0.3, -0.25) is 4.68 Å². The highest BCUT2D eigenvalue weighted by molar-refractivity contribution is 4.98. The number of nitrogens with zero attached hydrogens (tertiary/aromatic N) is 2. The van der Waals surface area contributed by atoms with Gasteiger partial charge in [-0.25, -0.2) is 0 Å². The molecule has 0 amide bonds. The zero-order chi connectivity index (χ0) is 6.69. The molecule has 9 heavy (non-hydrogen) atoms. The zero-order valence-corrected chi connectivity index (χ0v) is 5.20. The van der Waals surface area contributed by atoms with Crippen LogP contribution in [0.3, 0.4) is 0 Å². The number of hydroxylamine groups is 1. The molecule has 0 bridgehead atoms. The quantitative estimate of drug-likeness (QED) is 0.545. The van der Waals surface area contributed by atoms with Crippen molar-refractivity contribution in [2.24, 2.45) is 7.05 Å². The van der Waals surface area contributed by atoms with Crippen LogP contribution in [0.2, 0.25) is 0 Å². The van der Waals surface area contributed by atoms with E-state index in [1.165, 1.54) is 0 Å². The number of nitrogens with one attached hydrogen (secondary N) is 1. The molecule has 0 spiro atoms. The van der Waals surface area contributed by atoms with Crippen LogP contribution in [-0.2, 0) is 13.6 Å². The van der Waals surface area contributed by atoms with Crippen molar-refractivity contribution >= 4 is 0 Å². The molecule has 1 aromatic heterocycles. The largest absolute Gasteiger partial charge is 0.316 e. The summed E-state index contributed by atoms with van der Waals surface area (Å²) < 4.78 is 1.70. The number of hydrogen-bond acceptors (Lipinski definition) is 3. The van der Waals surface area contributed by atoms with Gasteiger partial charge in [0.25, 0.3) is 0 Å². The van der Waals surface area contributed by atoms with Crippen molar-refractivity contribution in [2.45, 2.75) is 6.54 Å². The number of aryl methyl sites for hydroxylation is 1. The van der Waals surface area contributed by atoms with Crippen LogP contribution >= 0.6 is 0 Å². The van der Waals surface area contributed by atoms with E-state index < -0.39 is 0 Å². The molecular weight excluding hydrogens is 118 g/mol. The summed E-state index contributed by atoms with van der Waals surface area (Å²) in [5, 5.41) is 12.2. The molecular formula is C5H9N3O. The topological polar surface area (TPSA) is 50.1 Å². The van der Waals surface area contributed by atoms with Crippen molar-refractivity contribution in [3.05, 3.63) is 18.0 Å². The second kappa shape index (κ2) is 2.61. The second-order valence-electron chi connectivity index (χ2n) is 1.78. The Morgan fingerprint density at radius 2 is 2.67 bits per heavy atom. The van der Waals surface area contributed by atoms with Gasteiger partial charge in [0.1, 0.15) is 0 Å². The summed E-state index contributed by atoms with van der Waals surface area (Å²) in [5.74, 6) is 0. The lowest BCUT2D eigenvalue weighted by Gasteiger charge is -1.96. The molecule has 0 fully saturated rings. The number of rotatable bonds is 2. The van der Waals surface area contributed by atoms with E-state index >= 15 is 0 Å². The highest BCUT2D eigenvalue weighted by Gasteiger charge is 1.93. The van der Waals surface area contributed by atoms with Crippen molar-refractivity contribution < 1.29 is 5.21 Å². The maximum absolute atomic E-state index is 8.27. The highest BCUT2D eigenvalue weighted by atomic mass is 16.5. The van der Waals surface area contributed by atoms with E-state index in [0.717, 1.165) is 5.69 Å². The third-order valence-corrected chi connectivity index (χ3v) is 1.18. The van der Waals surface area contributed by atoms with E-state index in [0.29, 0.717) is 6.54 Å². The average molecular weight is 127 g/mol. The molecule has 4 nitrogen and oxygen atoms in total. The minimum absolute atomic E-state index is 0.441. The highest BCUT2D eigenvalue weighted by Crippen LogP contribution is 1.92. The molecule has 4 heteroatoms. The summed E-state index contributed by atoms with van der Waals surface area (Å²) >= 11 is 0. The van der Waals surface area contributed by atoms with Crippen molar-refractivity contribution in [2.75, 3.05) is 0 Å².